The van der Waals surface area contributed by atoms with E-state index in [4.69, 9.17) is 0 Å². The minimum Gasteiger partial charge on any atom is -0.382 e. The smallest absolute Gasteiger partial charge is 0.0421 e. The predicted molar refractivity (Wildman–Crippen MR) is 79.9 cm³/mol. The Morgan fingerprint density at radius 2 is 1.61 bits per heavy atom. The van der Waals surface area contributed by atoms with Gasteiger partial charge >= 0.3 is 0 Å². The van der Waals surface area contributed by atoms with Gasteiger partial charge in [-0.3, -0.25) is 0 Å². The second-order valence-corrected chi connectivity index (χ2v) is 4.75. The number of benzene rings is 2. The molecule has 94 valence electrons. The molecular weight excluding hydrogens is 218 g/mol. The van der Waals surface area contributed by atoms with Crippen molar-refractivity contribution in [1.29, 1.82) is 0 Å². The summed E-state index contributed by atoms with van der Waals surface area (Å²) in [6, 6.07) is 19.6. The third kappa shape index (κ3) is 3.13. The maximum Gasteiger partial charge on any atom is 0.0421 e. The summed E-state index contributed by atoms with van der Waals surface area (Å²) >= 11 is 0. The first kappa shape index (κ1) is 12.7. The molecule has 0 heterocycles. The summed E-state index contributed by atoms with van der Waals surface area (Å²) in [5.41, 5.74) is 3.77. The van der Waals surface area contributed by atoms with Crippen molar-refractivity contribution in [3.8, 4) is 11.1 Å². The van der Waals surface area contributed by atoms with E-state index in [0.29, 0.717) is 6.04 Å². The van der Waals surface area contributed by atoms with E-state index in [1.165, 1.54) is 29.7 Å². The lowest BCUT2D eigenvalue weighted by atomic mass is 10.0. The van der Waals surface area contributed by atoms with E-state index in [-0.39, 0.29) is 0 Å². The summed E-state index contributed by atoms with van der Waals surface area (Å²) in [7, 11) is 0. The molecule has 0 aliphatic rings. The normalized spacial score (nSPS) is 12.1. The molecule has 1 nitrogen and oxygen atoms in total. The van der Waals surface area contributed by atoms with Gasteiger partial charge in [0.2, 0.25) is 0 Å². The van der Waals surface area contributed by atoms with Crippen molar-refractivity contribution in [2.24, 2.45) is 0 Å². The molecule has 1 unspecified atom stereocenters. The average molecular weight is 239 g/mol. The Labute approximate surface area is 110 Å². The van der Waals surface area contributed by atoms with Crippen LogP contribution in [0.15, 0.2) is 54.6 Å². The molecule has 0 bridgehead atoms. The molecule has 1 N–H and O–H groups in total. The molecule has 0 saturated heterocycles. The predicted octanol–water partition coefficient (Wildman–Crippen LogP) is 4.95. The van der Waals surface area contributed by atoms with E-state index in [0.717, 1.165) is 0 Å². The van der Waals surface area contributed by atoms with E-state index in [1.807, 2.05) is 0 Å². The Morgan fingerprint density at radius 3 is 2.33 bits per heavy atom. The van der Waals surface area contributed by atoms with E-state index in [9.17, 15) is 0 Å². The monoisotopic (exact) mass is 239 g/mol. The van der Waals surface area contributed by atoms with Crippen LogP contribution in [-0.4, -0.2) is 6.04 Å². The first-order valence-corrected chi connectivity index (χ1v) is 6.72. The van der Waals surface area contributed by atoms with Gasteiger partial charge in [-0.25, -0.2) is 0 Å². The summed E-state index contributed by atoms with van der Waals surface area (Å²) in [6.07, 6.45) is 2.41. The van der Waals surface area contributed by atoms with Crippen LogP contribution >= 0.6 is 0 Å². The molecule has 0 fully saturated rings. The molecule has 0 aliphatic carbocycles. The van der Waals surface area contributed by atoms with Crippen LogP contribution in [-0.2, 0) is 0 Å². The van der Waals surface area contributed by atoms with Gasteiger partial charge in [0.05, 0.1) is 0 Å². The third-order valence-corrected chi connectivity index (χ3v) is 3.14. The van der Waals surface area contributed by atoms with Crippen LogP contribution in [0.5, 0.6) is 0 Å². The van der Waals surface area contributed by atoms with Crippen LogP contribution in [0.25, 0.3) is 11.1 Å². The Morgan fingerprint density at radius 1 is 0.944 bits per heavy atom. The average Bonchev–Trinajstić information content (AvgIpc) is 2.40. The molecule has 0 aromatic heterocycles. The molecule has 2 aromatic rings. The summed E-state index contributed by atoms with van der Waals surface area (Å²) < 4.78 is 0. The zero-order valence-corrected chi connectivity index (χ0v) is 11.2. The first-order chi connectivity index (χ1) is 8.81. The second kappa shape index (κ2) is 6.25. The van der Waals surface area contributed by atoms with Gasteiger partial charge in [-0.2, -0.15) is 0 Å². The van der Waals surface area contributed by atoms with Crippen LogP contribution in [0, 0.1) is 0 Å². The zero-order valence-electron chi connectivity index (χ0n) is 11.2. The Kier molecular flexibility index (Phi) is 4.40. The minimum atomic E-state index is 0.514. The fourth-order valence-corrected chi connectivity index (χ4v) is 2.25. The van der Waals surface area contributed by atoms with Crippen molar-refractivity contribution in [2.75, 3.05) is 5.32 Å². The zero-order chi connectivity index (χ0) is 12.8. The summed E-state index contributed by atoms with van der Waals surface area (Å²) in [4.78, 5) is 0. The highest BCUT2D eigenvalue weighted by atomic mass is 14.9. The van der Waals surface area contributed by atoms with Crippen molar-refractivity contribution in [3.63, 3.8) is 0 Å². The SMILES string of the molecule is CCCC(C)Nc1ccccc1-c1ccccc1. The van der Waals surface area contributed by atoms with Crippen LogP contribution in [0.4, 0.5) is 5.69 Å². The lowest BCUT2D eigenvalue weighted by Crippen LogP contribution is -2.14. The van der Waals surface area contributed by atoms with Crippen molar-refractivity contribution in [3.05, 3.63) is 54.6 Å². The number of anilines is 1. The van der Waals surface area contributed by atoms with Gasteiger partial charge in [0.15, 0.2) is 0 Å². The lowest BCUT2D eigenvalue weighted by molar-refractivity contribution is 0.691. The van der Waals surface area contributed by atoms with Crippen molar-refractivity contribution >= 4 is 5.69 Å². The fraction of sp³-hybridized carbons (Fsp3) is 0.294. The van der Waals surface area contributed by atoms with E-state index in [2.05, 4.69) is 73.8 Å². The quantitative estimate of drug-likeness (QED) is 0.778. The van der Waals surface area contributed by atoms with Gasteiger partial charge in [0.1, 0.15) is 0 Å². The van der Waals surface area contributed by atoms with E-state index < -0.39 is 0 Å². The molecule has 0 amide bonds. The third-order valence-electron chi connectivity index (χ3n) is 3.14. The highest BCUT2D eigenvalue weighted by molar-refractivity contribution is 5.77. The lowest BCUT2D eigenvalue weighted by Gasteiger charge is -2.17. The number of nitrogens with one attached hydrogen (secondary N) is 1. The molecule has 0 radical (unpaired) electrons. The largest absolute Gasteiger partial charge is 0.382 e. The maximum atomic E-state index is 3.61. The molecule has 1 heteroatoms. The van der Waals surface area contributed by atoms with Crippen molar-refractivity contribution < 1.29 is 0 Å². The molecule has 1 atom stereocenters. The Hall–Kier alpha value is -1.76. The van der Waals surface area contributed by atoms with Crippen molar-refractivity contribution in [2.45, 2.75) is 32.7 Å². The molecule has 0 saturated carbocycles. The Balaban J connectivity index is 2.26. The van der Waals surface area contributed by atoms with Gasteiger partial charge in [0.25, 0.3) is 0 Å². The number of rotatable bonds is 5. The Bertz CT molecular complexity index is 476. The van der Waals surface area contributed by atoms with Gasteiger partial charge < -0.3 is 5.32 Å². The first-order valence-electron chi connectivity index (χ1n) is 6.72. The molecule has 2 aromatic carbocycles. The van der Waals surface area contributed by atoms with Gasteiger partial charge in [-0.05, 0) is 25.0 Å². The maximum absolute atomic E-state index is 3.61. The molecule has 0 spiro atoms. The summed E-state index contributed by atoms with van der Waals surface area (Å²) in [5, 5.41) is 3.61. The highest BCUT2D eigenvalue weighted by Gasteiger charge is 2.06. The fourth-order valence-electron chi connectivity index (χ4n) is 2.25. The van der Waals surface area contributed by atoms with Crippen LogP contribution in [0.3, 0.4) is 0 Å². The molecular formula is C17H21N. The van der Waals surface area contributed by atoms with E-state index >= 15 is 0 Å². The number of para-hydroxylation sites is 1. The topological polar surface area (TPSA) is 12.0 Å². The highest BCUT2D eigenvalue weighted by Crippen LogP contribution is 2.28. The number of hydrogen-bond donors (Lipinski definition) is 1. The minimum absolute atomic E-state index is 0.514. The standard InChI is InChI=1S/C17H21N/c1-3-9-14(2)18-17-13-8-7-12-16(17)15-10-5-4-6-11-15/h4-8,10-14,18H,3,9H2,1-2H3. The van der Waals surface area contributed by atoms with Gasteiger partial charge in [-0.1, -0.05) is 61.9 Å². The summed E-state index contributed by atoms with van der Waals surface area (Å²) in [5.74, 6) is 0. The summed E-state index contributed by atoms with van der Waals surface area (Å²) in [6.45, 7) is 4.46. The van der Waals surface area contributed by atoms with Crippen LogP contribution in [0.1, 0.15) is 26.7 Å². The van der Waals surface area contributed by atoms with E-state index in [1.54, 1.807) is 0 Å². The molecule has 18 heavy (non-hydrogen) atoms. The molecule has 0 aliphatic heterocycles. The van der Waals surface area contributed by atoms with Gasteiger partial charge in [0, 0.05) is 17.3 Å². The van der Waals surface area contributed by atoms with Crippen LogP contribution < -0.4 is 5.32 Å². The number of hydrogen-bond acceptors (Lipinski definition) is 1. The van der Waals surface area contributed by atoms with Gasteiger partial charge in [-0.15, -0.1) is 0 Å². The van der Waals surface area contributed by atoms with Crippen molar-refractivity contribution in [1.82, 2.24) is 0 Å². The molecule has 2 rings (SSSR count). The van der Waals surface area contributed by atoms with Crippen LogP contribution in [0.2, 0.25) is 0 Å². The second-order valence-electron chi connectivity index (χ2n) is 4.75.